The fraction of sp³-hybridized carbons (Fsp3) is 0.526. The number of rotatable bonds is 4. The van der Waals surface area contributed by atoms with Crippen LogP contribution in [0.15, 0.2) is 24.3 Å². The van der Waals surface area contributed by atoms with Gasteiger partial charge < -0.3 is 10.6 Å². The number of benzene rings is 1. The van der Waals surface area contributed by atoms with Gasteiger partial charge >= 0.3 is 6.03 Å². The summed E-state index contributed by atoms with van der Waals surface area (Å²) in [6, 6.07) is 4.96. The maximum Gasteiger partial charge on any atom is 0.325 e. The predicted molar refractivity (Wildman–Crippen MR) is 93.6 cm³/mol. The Hall–Kier alpha value is -2.44. The van der Waals surface area contributed by atoms with Gasteiger partial charge in [-0.3, -0.25) is 14.5 Å². The zero-order valence-corrected chi connectivity index (χ0v) is 15.0. The van der Waals surface area contributed by atoms with Gasteiger partial charge in [0, 0.05) is 0 Å². The number of nitrogens with zero attached hydrogens (tertiary/aromatic N) is 1. The number of hydrogen-bond acceptors (Lipinski definition) is 3. The number of carbonyl (C=O) groups excluding carboxylic acids is 3. The van der Waals surface area contributed by atoms with Gasteiger partial charge in [0.25, 0.3) is 5.91 Å². The van der Waals surface area contributed by atoms with E-state index in [1.54, 1.807) is 19.1 Å². The molecule has 1 aromatic rings. The van der Waals surface area contributed by atoms with E-state index in [1.807, 2.05) is 6.92 Å². The Labute approximate surface area is 152 Å². The number of nitrogens with one attached hydrogen (secondary N) is 2. The molecule has 26 heavy (non-hydrogen) atoms. The molecule has 2 N–H and O–H groups in total. The SMILES string of the molecule is C[C@H](NC(=O)CN1C(=O)N[C@]2(CCCC[C@H]2C)C1=O)c1ccc(F)cc1. The van der Waals surface area contributed by atoms with Crippen LogP contribution in [0, 0.1) is 11.7 Å². The molecule has 1 aliphatic carbocycles. The van der Waals surface area contributed by atoms with Crippen LogP contribution in [0.1, 0.15) is 51.1 Å². The van der Waals surface area contributed by atoms with Crippen LogP contribution < -0.4 is 10.6 Å². The number of urea groups is 1. The fourth-order valence-corrected chi connectivity index (χ4v) is 3.90. The fourth-order valence-electron chi connectivity index (χ4n) is 3.90. The highest BCUT2D eigenvalue weighted by molar-refractivity contribution is 6.09. The van der Waals surface area contributed by atoms with E-state index in [9.17, 15) is 18.8 Å². The monoisotopic (exact) mass is 361 g/mol. The van der Waals surface area contributed by atoms with Gasteiger partial charge in [0.2, 0.25) is 5.91 Å². The topological polar surface area (TPSA) is 78.5 Å². The van der Waals surface area contributed by atoms with Crippen molar-refractivity contribution in [2.45, 2.75) is 51.1 Å². The van der Waals surface area contributed by atoms with Crippen LogP contribution in [0.3, 0.4) is 0 Å². The van der Waals surface area contributed by atoms with Crippen molar-refractivity contribution < 1.29 is 18.8 Å². The highest BCUT2D eigenvalue weighted by Crippen LogP contribution is 2.38. The summed E-state index contributed by atoms with van der Waals surface area (Å²) in [4.78, 5) is 38.5. The Balaban J connectivity index is 1.64. The molecule has 2 fully saturated rings. The van der Waals surface area contributed by atoms with Crippen LogP contribution in [0.2, 0.25) is 0 Å². The van der Waals surface area contributed by atoms with Gasteiger partial charge in [-0.15, -0.1) is 0 Å². The first-order valence-electron chi connectivity index (χ1n) is 9.02. The number of carbonyl (C=O) groups is 3. The van der Waals surface area contributed by atoms with Crippen LogP contribution in [0.4, 0.5) is 9.18 Å². The zero-order valence-electron chi connectivity index (χ0n) is 15.0. The third-order valence-electron chi connectivity index (χ3n) is 5.55. The molecular formula is C19H24FN3O3. The Kier molecular flexibility index (Phi) is 4.98. The average Bonchev–Trinajstić information content (AvgIpc) is 2.83. The first kappa shape index (κ1) is 18.4. The van der Waals surface area contributed by atoms with E-state index in [0.717, 1.165) is 29.7 Å². The average molecular weight is 361 g/mol. The smallest absolute Gasteiger partial charge is 0.325 e. The molecule has 0 aromatic heterocycles. The van der Waals surface area contributed by atoms with Crippen molar-refractivity contribution in [3.05, 3.63) is 35.6 Å². The first-order chi connectivity index (χ1) is 12.3. The van der Waals surface area contributed by atoms with Crippen molar-refractivity contribution in [1.29, 1.82) is 0 Å². The van der Waals surface area contributed by atoms with Gasteiger partial charge in [-0.1, -0.05) is 31.9 Å². The molecule has 3 rings (SSSR count). The second-order valence-electron chi connectivity index (χ2n) is 7.28. The normalized spacial score (nSPS) is 26.7. The van der Waals surface area contributed by atoms with E-state index in [-0.39, 0.29) is 30.2 Å². The Bertz CT molecular complexity index is 721. The molecule has 1 aromatic carbocycles. The molecule has 3 atom stereocenters. The molecule has 140 valence electrons. The molecule has 1 saturated carbocycles. The molecule has 6 nitrogen and oxygen atoms in total. The summed E-state index contributed by atoms with van der Waals surface area (Å²) in [5, 5.41) is 5.58. The summed E-state index contributed by atoms with van der Waals surface area (Å²) >= 11 is 0. The molecule has 0 radical (unpaired) electrons. The standard InChI is InChI=1S/C19H24FN3O3/c1-12-5-3-4-10-19(12)17(25)23(18(26)22-19)11-16(24)21-13(2)14-6-8-15(20)9-7-14/h6-9,12-13H,3-5,10-11H2,1-2H3,(H,21,24)(H,22,26)/t12-,13+,19+/m1/s1. The molecule has 0 bridgehead atoms. The van der Waals surface area contributed by atoms with E-state index in [4.69, 9.17) is 0 Å². The summed E-state index contributed by atoms with van der Waals surface area (Å²) in [5.74, 6) is -1.03. The van der Waals surface area contributed by atoms with Crippen molar-refractivity contribution >= 4 is 17.8 Å². The lowest BCUT2D eigenvalue weighted by atomic mass is 9.73. The minimum Gasteiger partial charge on any atom is -0.348 e. The van der Waals surface area contributed by atoms with Gasteiger partial charge in [-0.05, 0) is 43.4 Å². The predicted octanol–water partition coefficient (Wildman–Crippen LogP) is 2.50. The summed E-state index contributed by atoms with van der Waals surface area (Å²) < 4.78 is 13.0. The maximum atomic E-state index is 13.0. The third kappa shape index (κ3) is 3.30. The maximum absolute atomic E-state index is 13.0. The lowest BCUT2D eigenvalue weighted by Crippen LogP contribution is -2.54. The quantitative estimate of drug-likeness (QED) is 0.809. The van der Waals surface area contributed by atoms with E-state index in [0.29, 0.717) is 6.42 Å². The molecule has 1 aliphatic heterocycles. The van der Waals surface area contributed by atoms with Crippen molar-refractivity contribution in [1.82, 2.24) is 15.5 Å². The summed E-state index contributed by atoms with van der Waals surface area (Å²) in [7, 11) is 0. The minimum absolute atomic E-state index is 0.0545. The van der Waals surface area contributed by atoms with E-state index in [2.05, 4.69) is 10.6 Å². The largest absolute Gasteiger partial charge is 0.348 e. The second-order valence-corrected chi connectivity index (χ2v) is 7.28. The van der Waals surface area contributed by atoms with E-state index >= 15 is 0 Å². The number of amides is 4. The highest BCUT2D eigenvalue weighted by Gasteiger charge is 2.55. The van der Waals surface area contributed by atoms with Gasteiger partial charge in [-0.2, -0.15) is 0 Å². The highest BCUT2D eigenvalue weighted by atomic mass is 19.1. The van der Waals surface area contributed by atoms with Gasteiger partial charge in [0.15, 0.2) is 0 Å². The zero-order chi connectivity index (χ0) is 18.9. The molecule has 0 unspecified atom stereocenters. The molecule has 1 heterocycles. The van der Waals surface area contributed by atoms with Gasteiger partial charge in [-0.25, -0.2) is 9.18 Å². The summed E-state index contributed by atoms with van der Waals surface area (Å²) in [6.45, 7) is 3.42. The number of imide groups is 1. The third-order valence-corrected chi connectivity index (χ3v) is 5.55. The van der Waals surface area contributed by atoms with Crippen molar-refractivity contribution in [2.24, 2.45) is 5.92 Å². The number of hydrogen-bond donors (Lipinski definition) is 2. The van der Waals surface area contributed by atoms with E-state index < -0.39 is 17.5 Å². The molecular weight excluding hydrogens is 337 g/mol. The lowest BCUT2D eigenvalue weighted by Gasteiger charge is -2.36. The van der Waals surface area contributed by atoms with Crippen LogP contribution in [0.5, 0.6) is 0 Å². The molecule has 4 amide bonds. The molecule has 2 aliphatic rings. The van der Waals surface area contributed by atoms with Crippen molar-refractivity contribution in [3.8, 4) is 0 Å². The molecule has 7 heteroatoms. The van der Waals surface area contributed by atoms with Crippen LogP contribution in [-0.2, 0) is 9.59 Å². The van der Waals surface area contributed by atoms with Crippen LogP contribution in [-0.4, -0.2) is 34.8 Å². The van der Waals surface area contributed by atoms with Crippen molar-refractivity contribution in [3.63, 3.8) is 0 Å². The lowest BCUT2D eigenvalue weighted by molar-refractivity contribution is -0.137. The Morgan fingerprint density at radius 3 is 2.69 bits per heavy atom. The second kappa shape index (κ2) is 7.05. The number of halogens is 1. The summed E-state index contributed by atoms with van der Waals surface area (Å²) in [6.07, 6.45) is 3.43. The van der Waals surface area contributed by atoms with Crippen LogP contribution >= 0.6 is 0 Å². The minimum atomic E-state index is -0.863. The Morgan fingerprint density at radius 2 is 2.04 bits per heavy atom. The van der Waals surface area contributed by atoms with Crippen molar-refractivity contribution in [2.75, 3.05) is 6.54 Å². The van der Waals surface area contributed by atoms with Gasteiger partial charge in [0.05, 0.1) is 6.04 Å². The van der Waals surface area contributed by atoms with Gasteiger partial charge in [0.1, 0.15) is 17.9 Å². The first-order valence-corrected chi connectivity index (χ1v) is 9.02. The Morgan fingerprint density at radius 1 is 1.35 bits per heavy atom. The molecule has 1 spiro atoms. The molecule has 1 saturated heterocycles. The summed E-state index contributed by atoms with van der Waals surface area (Å²) in [5.41, 5.74) is -0.118. The van der Waals surface area contributed by atoms with Crippen LogP contribution in [0.25, 0.3) is 0 Å². The van der Waals surface area contributed by atoms with E-state index in [1.165, 1.54) is 12.1 Å².